The van der Waals surface area contributed by atoms with Crippen molar-refractivity contribution in [1.29, 1.82) is 0 Å². The monoisotopic (exact) mass is 294 g/mol. The molecule has 2 aliphatic heterocycles. The Morgan fingerprint density at radius 3 is 1.45 bits per heavy atom. The smallest absolute Gasteiger partial charge is 0.181 e. The molecule has 4 nitrogen and oxygen atoms in total. The van der Waals surface area contributed by atoms with E-state index < -0.39 is 0 Å². The van der Waals surface area contributed by atoms with Crippen LogP contribution in [0, 0.1) is 0 Å². The number of ether oxygens (including phenoxy) is 2. The number of anilines is 2. The minimum Gasteiger partial charge on any atom is -0.466 e. The second kappa shape index (κ2) is 4.09. The summed E-state index contributed by atoms with van der Waals surface area (Å²) in [7, 11) is 0. The van der Waals surface area contributed by atoms with E-state index in [9.17, 15) is 0 Å². The summed E-state index contributed by atoms with van der Waals surface area (Å²) in [4.78, 5) is 0. The van der Waals surface area contributed by atoms with Crippen molar-refractivity contribution in [3.8, 4) is 11.5 Å². The molecule has 1 aliphatic carbocycles. The summed E-state index contributed by atoms with van der Waals surface area (Å²) in [5.74, 6) is 1.92. The molecular weight excluding hydrogens is 276 g/mol. The van der Waals surface area contributed by atoms with Crippen LogP contribution >= 0.6 is 0 Å². The summed E-state index contributed by atoms with van der Waals surface area (Å²) in [5, 5.41) is 7.14. The number of fused-ring (bicyclic) bond motifs is 2. The Morgan fingerprint density at radius 1 is 0.636 bits per heavy atom. The zero-order valence-corrected chi connectivity index (χ0v) is 12.3. The van der Waals surface area contributed by atoms with Crippen LogP contribution < -0.4 is 20.1 Å². The Kier molecular flexibility index (Phi) is 2.27. The minimum atomic E-state index is -0.269. The van der Waals surface area contributed by atoms with E-state index in [-0.39, 0.29) is 11.4 Å². The summed E-state index contributed by atoms with van der Waals surface area (Å²) >= 11 is 0. The number of rotatable bonds is 0. The zero-order valence-electron chi connectivity index (χ0n) is 12.3. The third-order valence-corrected chi connectivity index (χ3v) is 4.98. The highest BCUT2D eigenvalue weighted by atomic mass is 16.5. The Hall–Kier alpha value is -2.36. The SMILES string of the molecule is c1ccc2c(c1)NC1(CCC3(CC1)Nc1ccccc1O3)O2. The predicted octanol–water partition coefficient (Wildman–Crippen LogP) is 3.96. The molecule has 0 saturated heterocycles. The van der Waals surface area contributed by atoms with Crippen molar-refractivity contribution in [3.05, 3.63) is 48.5 Å². The molecule has 0 radical (unpaired) electrons. The lowest BCUT2D eigenvalue weighted by molar-refractivity contribution is -0.0103. The maximum atomic E-state index is 6.22. The fourth-order valence-corrected chi connectivity index (χ4v) is 3.79. The van der Waals surface area contributed by atoms with Gasteiger partial charge in [0, 0.05) is 25.7 Å². The minimum absolute atomic E-state index is 0.269. The number of para-hydroxylation sites is 4. The van der Waals surface area contributed by atoms with Gasteiger partial charge in [0.15, 0.2) is 11.4 Å². The van der Waals surface area contributed by atoms with Crippen molar-refractivity contribution in [1.82, 2.24) is 0 Å². The van der Waals surface area contributed by atoms with Gasteiger partial charge in [0.25, 0.3) is 0 Å². The standard InChI is InChI=1S/C18H18N2O2/c1-3-7-15-13(5-1)19-17(21-15)9-11-18(12-10-17)20-14-6-2-4-8-16(14)22-18/h1-8,19-20H,9-12H2. The molecule has 1 fully saturated rings. The van der Waals surface area contributed by atoms with Crippen LogP contribution in [0.5, 0.6) is 11.5 Å². The first-order chi connectivity index (χ1) is 10.8. The van der Waals surface area contributed by atoms with Crippen LogP contribution in [0.25, 0.3) is 0 Å². The highest BCUT2D eigenvalue weighted by molar-refractivity contribution is 5.63. The van der Waals surface area contributed by atoms with Gasteiger partial charge in [0.1, 0.15) is 11.5 Å². The van der Waals surface area contributed by atoms with Gasteiger partial charge < -0.3 is 20.1 Å². The Labute approximate surface area is 129 Å². The van der Waals surface area contributed by atoms with Crippen molar-refractivity contribution in [2.75, 3.05) is 10.6 Å². The second-order valence-electron chi connectivity index (χ2n) is 6.44. The van der Waals surface area contributed by atoms with Gasteiger partial charge in [0.05, 0.1) is 11.4 Å². The molecule has 22 heavy (non-hydrogen) atoms. The third kappa shape index (κ3) is 1.70. The van der Waals surface area contributed by atoms with Gasteiger partial charge in [-0.1, -0.05) is 24.3 Å². The second-order valence-corrected chi connectivity index (χ2v) is 6.44. The Bertz CT molecular complexity index is 618. The van der Waals surface area contributed by atoms with Crippen molar-refractivity contribution < 1.29 is 9.47 Å². The molecular formula is C18H18N2O2. The number of hydrogen-bond acceptors (Lipinski definition) is 4. The molecule has 0 atom stereocenters. The summed E-state index contributed by atoms with van der Waals surface area (Å²) in [6.07, 6.45) is 3.68. The van der Waals surface area contributed by atoms with Crippen LogP contribution in [0.1, 0.15) is 25.7 Å². The van der Waals surface area contributed by atoms with Gasteiger partial charge in [-0.25, -0.2) is 0 Å². The predicted molar refractivity (Wildman–Crippen MR) is 85.3 cm³/mol. The van der Waals surface area contributed by atoms with E-state index in [1.54, 1.807) is 0 Å². The van der Waals surface area contributed by atoms with Crippen LogP contribution in [-0.4, -0.2) is 11.4 Å². The molecule has 2 heterocycles. The number of benzene rings is 2. The van der Waals surface area contributed by atoms with Gasteiger partial charge in [-0.3, -0.25) is 0 Å². The molecule has 1 saturated carbocycles. The fourth-order valence-electron chi connectivity index (χ4n) is 3.79. The van der Waals surface area contributed by atoms with Crippen molar-refractivity contribution >= 4 is 11.4 Å². The Balaban J connectivity index is 1.35. The van der Waals surface area contributed by atoms with E-state index in [4.69, 9.17) is 9.47 Å². The molecule has 0 bridgehead atoms. The van der Waals surface area contributed by atoms with Crippen LogP contribution in [0.15, 0.2) is 48.5 Å². The first-order valence-corrected chi connectivity index (χ1v) is 7.89. The first kappa shape index (κ1) is 12.2. The average molecular weight is 294 g/mol. The summed E-state index contributed by atoms with van der Waals surface area (Å²) in [6.45, 7) is 0. The molecule has 4 heteroatoms. The van der Waals surface area contributed by atoms with Crippen LogP contribution in [-0.2, 0) is 0 Å². The summed E-state index contributed by atoms with van der Waals surface area (Å²) in [6, 6.07) is 16.3. The maximum absolute atomic E-state index is 6.22. The molecule has 3 aliphatic rings. The quantitative estimate of drug-likeness (QED) is 0.771. The van der Waals surface area contributed by atoms with Gasteiger partial charge in [-0.05, 0) is 24.3 Å². The molecule has 0 amide bonds. The molecule has 2 aromatic rings. The van der Waals surface area contributed by atoms with Gasteiger partial charge in [-0.2, -0.15) is 0 Å². The van der Waals surface area contributed by atoms with Crippen LogP contribution in [0.2, 0.25) is 0 Å². The number of hydrogen-bond donors (Lipinski definition) is 2. The van der Waals surface area contributed by atoms with Gasteiger partial charge >= 0.3 is 0 Å². The van der Waals surface area contributed by atoms with Crippen LogP contribution in [0.3, 0.4) is 0 Å². The first-order valence-electron chi connectivity index (χ1n) is 7.89. The van der Waals surface area contributed by atoms with Gasteiger partial charge in [0.2, 0.25) is 0 Å². The maximum Gasteiger partial charge on any atom is 0.181 e. The lowest BCUT2D eigenvalue weighted by Gasteiger charge is -2.41. The molecule has 112 valence electrons. The largest absolute Gasteiger partial charge is 0.466 e. The topological polar surface area (TPSA) is 42.5 Å². The number of nitrogens with one attached hydrogen (secondary N) is 2. The average Bonchev–Trinajstić information content (AvgIpc) is 3.09. The molecule has 0 aromatic heterocycles. The molecule has 5 rings (SSSR count). The molecule has 2 N–H and O–H groups in total. The van der Waals surface area contributed by atoms with Crippen LogP contribution in [0.4, 0.5) is 11.4 Å². The Morgan fingerprint density at radius 2 is 1.05 bits per heavy atom. The normalized spacial score (nSPS) is 30.9. The lowest BCUT2D eigenvalue weighted by atomic mass is 9.85. The fraction of sp³-hybridized carbons (Fsp3) is 0.333. The third-order valence-electron chi connectivity index (χ3n) is 4.98. The van der Waals surface area contributed by atoms with Crippen molar-refractivity contribution in [3.63, 3.8) is 0 Å². The van der Waals surface area contributed by atoms with E-state index in [2.05, 4.69) is 22.8 Å². The lowest BCUT2D eigenvalue weighted by Crippen LogP contribution is -2.53. The van der Waals surface area contributed by atoms with Gasteiger partial charge in [-0.15, -0.1) is 0 Å². The van der Waals surface area contributed by atoms with E-state index in [1.165, 1.54) is 0 Å². The highest BCUT2D eigenvalue weighted by Crippen LogP contribution is 2.49. The van der Waals surface area contributed by atoms with E-state index in [0.717, 1.165) is 48.6 Å². The summed E-state index contributed by atoms with van der Waals surface area (Å²) in [5.41, 5.74) is 1.66. The van der Waals surface area contributed by atoms with E-state index in [0.29, 0.717) is 0 Å². The highest BCUT2D eigenvalue weighted by Gasteiger charge is 2.50. The van der Waals surface area contributed by atoms with Crippen molar-refractivity contribution in [2.45, 2.75) is 37.1 Å². The molecule has 2 aromatic carbocycles. The molecule has 2 spiro atoms. The van der Waals surface area contributed by atoms with Crippen molar-refractivity contribution in [2.24, 2.45) is 0 Å². The summed E-state index contributed by atoms with van der Waals surface area (Å²) < 4.78 is 12.4. The van der Waals surface area contributed by atoms with E-state index >= 15 is 0 Å². The zero-order chi connectivity index (χ0) is 14.6. The van der Waals surface area contributed by atoms with E-state index in [1.807, 2.05) is 36.4 Å². The molecule has 0 unspecified atom stereocenters.